The molecular formula is C17H27N3O2. The van der Waals surface area contributed by atoms with Gasteiger partial charge < -0.3 is 19.9 Å². The Hall–Kier alpha value is -1.59. The summed E-state index contributed by atoms with van der Waals surface area (Å²) in [6, 6.07) is 7.73. The van der Waals surface area contributed by atoms with Crippen LogP contribution in [0, 0.1) is 6.92 Å². The Kier molecular flexibility index (Phi) is 6.68. The van der Waals surface area contributed by atoms with Gasteiger partial charge in [0.25, 0.3) is 5.91 Å². The summed E-state index contributed by atoms with van der Waals surface area (Å²) >= 11 is 0. The molecular weight excluding hydrogens is 278 g/mol. The number of nitrogens with one attached hydrogen (secondary N) is 1. The van der Waals surface area contributed by atoms with E-state index < -0.39 is 0 Å². The average molecular weight is 305 g/mol. The van der Waals surface area contributed by atoms with Crippen LogP contribution in [0.3, 0.4) is 0 Å². The number of ether oxygens (including phenoxy) is 1. The molecule has 0 bridgehead atoms. The molecule has 0 saturated carbocycles. The minimum Gasteiger partial charge on any atom is -0.484 e. The lowest BCUT2D eigenvalue weighted by molar-refractivity contribution is -0.123. The first-order chi connectivity index (χ1) is 10.6. The topological polar surface area (TPSA) is 44.8 Å². The van der Waals surface area contributed by atoms with Gasteiger partial charge in [-0.2, -0.15) is 0 Å². The first-order valence-electron chi connectivity index (χ1n) is 8.00. The van der Waals surface area contributed by atoms with Gasteiger partial charge in [-0.1, -0.05) is 12.1 Å². The molecule has 0 unspecified atom stereocenters. The highest BCUT2D eigenvalue weighted by Crippen LogP contribution is 2.11. The van der Waals surface area contributed by atoms with Crippen LogP contribution in [0.1, 0.15) is 12.0 Å². The van der Waals surface area contributed by atoms with Crippen molar-refractivity contribution < 1.29 is 9.53 Å². The van der Waals surface area contributed by atoms with Gasteiger partial charge in [0.15, 0.2) is 6.61 Å². The number of piperazine rings is 1. The first kappa shape index (κ1) is 16.8. The second-order valence-electron chi connectivity index (χ2n) is 5.95. The van der Waals surface area contributed by atoms with Gasteiger partial charge in [0, 0.05) is 32.7 Å². The SMILES string of the molecule is Cc1cccc(OCC(=O)NCCCN2CCN(C)CC2)c1. The second kappa shape index (κ2) is 8.76. The van der Waals surface area contributed by atoms with Crippen molar-refractivity contribution in [2.75, 3.05) is 52.9 Å². The number of amides is 1. The molecule has 1 saturated heterocycles. The van der Waals surface area contributed by atoms with Gasteiger partial charge in [0.1, 0.15) is 5.75 Å². The van der Waals surface area contributed by atoms with Crippen molar-refractivity contribution in [3.8, 4) is 5.75 Å². The van der Waals surface area contributed by atoms with Crippen LogP contribution in [-0.4, -0.2) is 68.6 Å². The van der Waals surface area contributed by atoms with E-state index in [-0.39, 0.29) is 12.5 Å². The van der Waals surface area contributed by atoms with Crippen LogP contribution in [0.5, 0.6) is 5.75 Å². The standard InChI is InChI=1S/C17H27N3O2/c1-15-5-3-6-16(13-15)22-14-17(21)18-7-4-8-20-11-9-19(2)10-12-20/h3,5-6,13H,4,7-12,14H2,1-2H3,(H,18,21). The Labute approximate surface area is 133 Å². The molecule has 5 heteroatoms. The summed E-state index contributed by atoms with van der Waals surface area (Å²) in [7, 11) is 2.16. The van der Waals surface area contributed by atoms with E-state index in [0.29, 0.717) is 6.54 Å². The Morgan fingerprint density at radius 2 is 2.05 bits per heavy atom. The van der Waals surface area contributed by atoms with Crippen LogP contribution in [-0.2, 0) is 4.79 Å². The predicted molar refractivity (Wildman–Crippen MR) is 88.2 cm³/mol. The molecule has 0 radical (unpaired) electrons. The Balaban J connectivity index is 1.54. The lowest BCUT2D eigenvalue weighted by Gasteiger charge is -2.32. The van der Waals surface area contributed by atoms with Crippen molar-refractivity contribution in [2.45, 2.75) is 13.3 Å². The van der Waals surface area contributed by atoms with E-state index in [1.165, 1.54) is 0 Å². The molecule has 1 aliphatic heterocycles. The van der Waals surface area contributed by atoms with Crippen LogP contribution >= 0.6 is 0 Å². The number of likely N-dealkylation sites (N-methyl/N-ethyl adjacent to an activating group) is 1. The quantitative estimate of drug-likeness (QED) is 0.767. The lowest BCUT2D eigenvalue weighted by Crippen LogP contribution is -2.45. The number of hydrogen-bond acceptors (Lipinski definition) is 4. The third-order valence-corrected chi connectivity index (χ3v) is 3.93. The molecule has 1 amide bonds. The van der Waals surface area contributed by atoms with Gasteiger partial charge in [0.2, 0.25) is 0 Å². The molecule has 1 aromatic carbocycles. The third kappa shape index (κ3) is 6.03. The Bertz CT molecular complexity index is 471. The first-order valence-corrected chi connectivity index (χ1v) is 8.00. The zero-order chi connectivity index (χ0) is 15.8. The largest absolute Gasteiger partial charge is 0.484 e. The Morgan fingerprint density at radius 1 is 1.27 bits per heavy atom. The molecule has 0 aliphatic carbocycles. The van der Waals surface area contributed by atoms with Crippen LogP contribution in [0.15, 0.2) is 24.3 Å². The van der Waals surface area contributed by atoms with E-state index in [4.69, 9.17) is 4.74 Å². The maximum atomic E-state index is 11.7. The monoisotopic (exact) mass is 305 g/mol. The predicted octanol–water partition coefficient (Wildman–Crippen LogP) is 1.13. The third-order valence-electron chi connectivity index (χ3n) is 3.93. The summed E-state index contributed by atoms with van der Waals surface area (Å²) < 4.78 is 5.48. The maximum absolute atomic E-state index is 11.7. The molecule has 0 atom stereocenters. The number of carbonyl (C=O) groups excluding carboxylic acids is 1. The number of rotatable bonds is 7. The van der Waals surface area contributed by atoms with Crippen molar-refractivity contribution in [3.05, 3.63) is 29.8 Å². The van der Waals surface area contributed by atoms with E-state index in [1.54, 1.807) is 0 Å². The number of nitrogens with zero attached hydrogens (tertiary/aromatic N) is 2. The second-order valence-corrected chi connectivity index (χ2v) is 5.95. The van der Waals surface area contributed by atoms with E-state index in [9.17, 15) is 4.79 Å². The molecule has 22 heavy (non-hydrogen) atoms. The van der Waals surface area contributed by atoms with Gasteiger partial charge in [-0.15, -0.1) is 0 Å². The van der Waals surface area contributed by atoms with Crippen molar-refractivity contribution in [3.63, 3.8) is 0 Å². The Morgan fingerprint density at radius 3 is 2.77 bits per heavy atom. The van der Waals surface area contributed by atoms with Crippen LogP contribution in [0.2, 0.25) is 0 Å². The zero-order valence-electron chi connectivity index (χ0n) is 13.7. The number of benzene rings is 1. The fraction of sp³-hybridized carbons (Fsp3) is 0.588. The highest BCUT2D eigenvalue weighted by Gasteiger charge is 2.12. The minimum absolute atomic E-state index is 0.0557. The van der Waals surface area contributed by atoms with Gasteiger partial charge >= 0.3 is 0 Å². The number of carbonyl (C=O) groups is 1. The molecule has 2 rings (SSSR count). The highest BCUT2D eigenvalue weighted by atomic mass is 16.5. The summed E-state index contributed by atoms with van der Waals surface area (Å²) in [6.07, 6.45) is 0.986. The molecule has 1 heterocycles. The number of hydrogen-bond donors (Lipinski definition) is 1. The van der Waals surface area contributed by atoms with Gasteiger partial charge in [-0.25, -0.2) is 0 Å². The highest BCUT2D eigenvalue weighted by molar-refractivity contribution is 5.77. The smallest absolute Gasteiger partial charge is 0.257 e. The van der Waals surface area contributed by atoms with Gasteiger partial charge in [-0.05, 0) is 44.6 Å². The van der Waals surface area contributed by atoms with Crippen LogP contribution < -0.4 is 10.1 Å². The van der Waals surface area contributed by atoms with Gasteiger partial charge in [0.05, 0.1) is 0 Å². The van der Waals surface area contributed by atoms with E-state index in [1.807, 2.05) is 31.2 Å². The van der Waals surface area contributed by atoms with E-state index >= 15 is 0 Å². The van der Waals surface area contributed by atoms with Crippen LogP contribution in [0.25, 0.3) is 0 Å². The molecule has 0 spiro atoms. The van der Waals surface area contributed by atoms with Crippen molar-refractivity contribution in [2.24, 2.45) is 0 Å². The average Bonchev–Trinajstić information content (AvgIpc) is 2.51. The fourth-order valence-electron chi connectivity index (χ4n) is 2.51. The molecule has 1 aliphatic rings. The normalized spacial score (nSPS) is 16.5. The van der Waals surface area contributed by atoms with Crippen molar-refractivity contribution in [1.82, 2.24) is 15.1 Å². The van der Waals surface area contributed by atoms with E-state index in [2.05, 4.69) is 22.2 Å². The van der Waals surface area contributed by atoms with Crippen LogP contribution in [0.4, 0.5) is 0 Å². The molecule has 1 fully saturated rings. The zero-order valence-corrected chi connectivity index (χ0v) is 13.7. The lowest BCUT2D eigenvalue weighted by atomic mass is 10.2. The molecule has 0 aromatic heterocycles. The maximum Gasteiger partial charge on any atom is 0.257 e. The van der Waals surface area contributed by atoms with Crippen molar-refractivity contribution in [1.29, 1.82) is 0 Å². The molecule has 1 aromatic rings. The van der Waals surface area contributed by atoms with Gasteiger partial charge in [-0.3, -0.25) is 4.79 Å². The van der Waals surface area contributed by atoms with Crippen molar-refractivity contribution >= 4 is 5.91 Å². The molecule has 122 valence electrons. The summed E-state index contributed by atoms with van der Waals surface area (Å²) in [5, 5.41) is 2.91. The summed E-state index contributed by atoms with van der Waals surface area (Å²) in [6.45, 7) is 8.37. The fourth-order valence-corrected chi connectivity index (χ4v) is 2.51. The summed E-state index contributed by atoms with van der Waals surface area (Å²) in [5.41, 5.74) is 1.13. The molecule has 1 N–H and O–H groups in total. The molecule has 5 nitrogen and oxygen atoms in total. The summed E-state index contributed by atoms with van der Waals surface area (Å²) in [5.74, 6) is 0.687. The minimum atomic E-state index is -0.0557. The number of aryl methyl sites for hydroxylation is 1. The van der Waals surface area contributed by atoms with E-state index in [0.717, 1.165) is 50.5 Å². The summed E-state index contributed by atoms with van der Waals surface area (Å²) in [4.78, 5) is 16.5.